The summed E-state index contributed by atoms with van der Waals surface area (Å²) in [5.74, 6) is 0.0463. The molecule has 0 spiro atoms. The van der Waals surface area contributed by atoms with Crippen molar-refractivity contribution >= 4 is 11.3 Å². The van der Waals surface area contributed by atoms with Crippen molar-refractivity contribution in [2.24, 2.45) is 0 Å². The highest BCUT2D eigenvalue weighted by atomic mass is 32.1. The van der Waals surface area contributed by atoms with Gasteiger partial charge in [0.15, 0.2) is 23.9 Å². The van der Waals surface area contributed by atoms with Gasteiger partial charge in [-0.3, -0.25) is 0 Å². The number of hydrogen-bond acceptors (Lipinski definition) is 6. The van der Waals surface area contributed by atoms with Gasteiger partial charge in [0.05, 0.1) is 6.10 Å². The normalized spacial score (nSPS) is 15.3. The Bertz CT molecular complexity index is 1100. The molecule has 1 unspecified atom stereocenters. The Morgan fingerprint density at radius 1 is 1.27 bits per heavy atom. The summed E-state index contributed by atoms with van der Waals surface area (Å²) in [5, 5.41) is 22.8. The van der Waals surface area contributed by atoms with E-state index in [1.165, 1.54) is 29.8 Å². The minimum absolute atomic E-state index is 0.00186. The van der Waals surface area contributed by atoms with Crippen molar-refractivity contribution in [3.05, 3.63) is 75.1 Å². The molecule has 0 aliphatic heterocycles. The summed E-state index contributed by atoms with van der Waals surface area (Å²) in [4.78, 5) is 5.27. The average Bonchev–Trinajstić information content (AvgIpc) is 3.20. The lowest BCUT2D eigenvalue weighted by Gasteiger charge is -2.28. The van der Waals surface area contributed by atoms with Gasteiger partial charge in [-0.1, -0.05) is 6.07 Å². The van der Waals surface area contributed by atoms with E-state index in [4.69, 9.17) is 9.47 Å². The van der Waals surface area contributed by atoms with E-state index in [0.29, 0.717) is 11.4 Å². The number of alkyl halides is 2. The Balaban J connectivity index is 1.73. The van der Waals surface area contributed by atoms with Crippen LogP contribution in [-0.4, -0.2) is 22.8 Å². The van der Waals surface area contributed by atoms with Crippen LogP contribution in [0.25, 0.3) is 0 Å². The summed E-state index contributed by atoms with van der Waals surface area (Å²) >= 11 is 1.38. The largest absolute Gasteiger partial charge is 0.619 e. The molecule has 0 radical (unpaired) electrons. The van der Waals surface area contributed by atoms with E-state index in [1.54, 1.807) is 38.2 Å². The van der Waals surface area contributed by atoms with Crippen molar-refractivity contribution < 1.29 is 28.1 Å². The van der Waals surface area contributed by atoms with Crippen LogP contribution in [0.15, 0.2) is 48.9 Å². The highest BCUT2D eigenvalue weighted by molar-refractivity contribution is 7.11. The smallest absolute Gasteiger partial charge is 0.387 e. The highest BCUT2D eigenvalue weighted by Crippen LogP contribution is 2.40. The van der Waals surface area contributed by atoms with Crippen LogP contribution < -0.4 is 14.2 Å². The fourth-order valence-electron chi connectivity index (χ4n) is 3.67. The first-order valence-corrected chi connectivity index (χ1v) is 11.6. The number of ether oxygens (including phenoxy) is 2. The molecule has 33 heavy (non-hydrogen) atoms. The van der Waals surface area contributed by atoms with Crippen LogP contribution in [0.5, 0.6) is 11.5 Å². The van der Waals surface area contributed by atoms with Crippen molar-refractivity contribution in [3.63, 3.8) is 0 Å². The summed E-state index contributed by atoms with van der Waals surface area (Å²) in [5.41, 5.74) is 0.536. The zero-order valence-corrected chi connectivity index (χ0v) is 19.2. The second-order valence-corrected chi connectivity index (χ2v) is 9.77. The third kappa shape index (κ3) is 5.78. The molecule has 0 saturated heterocycles. The van der Waals surface area contributed by atoms with Crippen LogP contribution in [0.1, 0.15) is 60.0 Å². The molecular weight excluding hydrogens is 450 g/mol. The predicted octanol–water partition coefficient (Wildman–Crippen LogP) is 4.91. The van der Waals surface area contributed by atoms with Gasteiger partial charge in [-0.2, -0.15) is 13.5 Å². The predicted molar refractivity (Wildman–Crippen MR) is 120 cm³/mol. The van der Waals surface area contributed by atoms with E-state index in [-0.39, 0.29) is 23.5 Å². The molecule has 1 aliphatic carbocycles. The van der Waals surface area contributed by atoms with Gasteiger partial charge >= 0.3 is 6.61 Å². The zero-order chi connectivity index (χ0) is 23.6. The molecule has 1 aromatic carbocycles. The Labute approximate surface area is 195 Å². The van der Waals surface area contributed by atoms with E-state index in [0.717, 1.165) is 40.0 Å². The van der Waals surface area contributed by atoms with Gasteiger partial charge in [0.25, 0.3) is 0 Å². The summed E-state index contributed by atoms with van der Waals surface area (Å²) < 4.78 is 37.3. The Morgan fingerprint density at radius 2 is 2.06 bits per heavy atom. The lowest BCUT2D eigenvalue weighted by atomic mass is 9.91. The number of hydrogen-bond donors (Lipinski definition) is 1. The summed E-state index contributed by atoms with van der Waals surface area (Å²) in [7, 11) is 0. The molecule has 176 valence electrons. The number of benzene rings is 1. The molecule has 9 heteroatoms. The van der Waals surface area contributed by atoms with Gasteiger partial charge in [0, 0.05) is 28.6 Å². The van der Waals surface area contributed by atoms with Crippen LogP contribution in [0.4, 0.5) is 8.78 Å². The summed E-state index contributed by atoms with van der Waals surface area (Å²) in [6.07, 6.45) is 7.89. The molecule has 2 aromatic heterocycles. The number of aliphatic hydroxyl groups is 1. The van der Waals surface area contributed by atoms with E-state index < -0.39 is 12.2 Å². The molecular formula is C24H26F2N2O4S. The van der Waals surface area contributed by atoms with Crippen molar-refractivity contribution in [1.82, 2.24) is 4.98 Å². The van der Waals surface area contributed by atoms with Gasteiger partial charge < -0.3 is 19.8 Å². The van der Waals surface area contributed by atoms with Crippen molar-refractivity contribution in [2.75, 3.05) is 0 Å². The van der Waals surface area contributed by atoms with Crippen LogP contribution in [0.2, 0.25) is 0 Å². The summed E-state index contributed by atoms with van der Waals surface area (Å²) in [6, 6.07) is 8.50. The SMILES string of the molecule is CC(C)(O)c1ncc(C(Cc2ccc[n+]([O-])c2)c2ccc(OC(F)F)c(OC3CCC3)c2)s1. The topological polar surface area (TPSA) is 78.5 Å². The fourth-order valence-corrected chi connectivity index (χ4v) is 4.71. The number of rotatable bonds is 9. The minimum Gasteiger partial charge on any atom is -0.619 e. The molecule has 0 bridgehead atoms. The van der Waals surface area contributed by atoms with Crippen molar-refractivity contribution in [2.45, 2.75) is 63.8 Å². The second-order valence-electron chi connectivity index (χ2n) is 8.71. The Hall–Kier alpha value is -2.78. The minimum atomic E-state index is -2.96. The monoisotopic (exact) mass is 476 g/mol. The van der Waals surface area contributed by atoms with E-state index in [2.05, 4.69) is 4.98 Å². The zero-order valence-electron chi connectivity index (χ0n) is 18.4. The average molecular weight is 477 g/mol. The second kappa shape index (κ2) is 9.61. The molecule has 4 rings (SSSR count). The number of aromatic nitrogens is 2. The third-order valence-corrected chi connectivity index (χ3v) is 7.02. The quantitative estimate of drug-likeness (QED) is 0.351. The maximum absolute atomic E-state index is 13.0. The maximum atomic E-state index is 13.0. The first-order chi connectivity index (χ1) is 15.7. The van der Waals surface area contributed by atoms with E-state index in [1.807, 2.05) is 6.07 Å². The van der Waals surface area contributed by atoms with E-state index >= 15 is 0 Å². The first-order valence-electron chi connectivity index (χ1n) is 10.8. The van der Waals surface area contributed by atoms with Gasteiger partial charge in [-0.25, -0.2) is 4.98 Å². The molecule has 1 aliphatic rings. The Kier molecular flexibility index (Phi) is 6.81. The van der Waals surface area contributed by atoms with Gasteiger partial charge in [0.1, 0.15) is 10.6 Å². The molecule has 0 amide bonds. The first kappa shape index (κ1) is 23.4. The van der Waals surface area contributed by atoms with Crippen LogP contribution in [0, 0.1) is 5.21 Å². The van der Waals surface area contributed by atoms with Crippen LogP contribution in [-0.2, 0) is 12.0 Å². The lowest BCUT2D eigenvalue weighted by molar-refractivity contribution is -0.605. The molecule has 1 atom stereocenters. The molecule has 2 heterocycles. The summed E-state index contributed by atoms with van der Waals surface area (Å²) in [6.45, 7) is 0.384. The molecule has 3 aromatic rings. The number of thiazole rings is 1. The number of halogens is 2. The van der Waals surface area contributed by atoms with E-state index in [9.17, 15) is 19.1 Å². The third-order valence-electron chi connectivity index (χ3n) is 5.60. The highest BCUT2D eigenvalue weighted by Gasteiger charge is 2.27. The molecule has 1 N–H and O–H groups in total. The van der Waals surface area contributed by atoms with Crippen LogP contribution in [0.3, 0.4) is 0 Å². The lowest BCUT2D eigenvalue weighted by Crippen LogP contribution is -2.25. The fraction of sp³-hybridized carbons (Fsp3) is 0.417. The number of pyridine rings is 1. The molecule has 6 nitrogen and oxygen atoms in total. The van der Waals surface area contributed by atoms with Crippen LogP contribution >= 0.6 is 11.3 Å². The van der Waals surface area contributed by atoms with Gasteiger partial charge in [0.2, 0.25) is 0 Å². The van der Waals surface area contributed by atoms with Gasteiger partial charge in [-0.05, 0) is 63.3 Å². The molecule has 1 fully saturated rings. The van der Waals surface area contributed by atoms with Crippen molar-refractivity contribution in [1.29, 1.82) is 0 Å². The maximum Gasteiger partial charge on any atom is 0.387 e. The molecule has 1 saturated carbocycles. The number of nitrogens with zero attached hydrogens (tertiary/aromatic N) is 2. The standard InChI is InChI=1S/C24H26F2N2O4S/c1-24(2,29)22-27-13-21(33-22)18(11-15-5-4-10-28(30)14-15)16-8-9-19(32-23(25)26)20(12-16)31-17-6-3-7-17/h4-5,8-10,12-14,17-18,23,29H,3,6-7,11H2,1-2H3. The van der Waals surface area contributed by atoms with Crippen molar-refractivity contribution in [3.8, 4) is 11.5 Å². The Morgan fingerprint density at radius 3 is 2.67 bits per heavy atom. The van der Waals surface area contributed by atoms with Gasteiger partial charge in [-0.15, -0.1) is 11.3 Å².